The molecule has 1 N–H and O–H groups in total. The van der Waals surface area contributed by atoms with Crippen molar-refractivity contribution >= 4 is 34.3 Å². The summed E-state index contributed by atoms with van der Waals surface area (Å²) in [5.74, 6) is 0.316. The van der Waals surface area contributed by atoms with Crippen LogP contribution in [0.1, 0.15) is 5.56 Å². The summed E-state index contributed by atoms with van der Waals surface area (Å²) in [5, 5.41) is 3.42. The molecule has 0 bridgehead atoms. The number of carbonyl (C=O) groups excluding carboxylic acids is 1. The zero-order valence-corrected chi connectivity index (χ0v) is 18.1. The van der Waals surface area contributed by atoms with Crippen molar-refractivity contribution in [1.29, 1.82) is 0 Å². The maximum Gasteiger partial charge on any atom is 0.262 e. The van der Waals surface area contributed by atoms with E-state index in [2.05, 4.69) is 10.3 Å². The molecule has 0 unspecified atom stereocenters. The minimum absolute atomic E-state index is 0.0414. The number of anilines is 1. The Hall–Kier alpha value is -3.85. The van der Waals surface area contributed by atoms with Gasteiger partial charge >= 0.3 is 0 Å². The zero-order chi connectivity index (χ0) is 22.8. The van der Waals surface area contributed by atoms with E-state index < -0.39 is 11.7 Å². The van der Waals surface area contributed by atoms with Gasteiger partial charge in [-0.1, -0.05) is 42.1 Å². The van der Waals surface area contributed by atoms with E-state index in [1.54, 1.807) is 42.5 Å². The third kappa shape index (κ3) is 4.40. The molecule has 1 aliphatic heterocycles. The molecule has 166 valence electrons. The van der Waals surface area contributed by atoms with E-state index in [4.69, 9.17) is 9.47 Å². The fourth-order valence-electron chi connectivity index (χ4n) is 3.50. The molecular weight excluding hydrogens is 445 g/mol. The lowest BCUT2D eigenvalue weighted by Crippen LogP contribution is -2.25. The molecule has 0 atom stereocenters. The van der Waals surface area contributed by atoms with E-state index in [9.17, 15) is 14.0 Å². The Balaban J connectivity index is 1.43. The molecule has 0 fully saturated rings. The molecule has 1 aliphatic rings. The van der Waals surface area contributed by atoms with Gasteiger partial charge in [-0.3, -0.25) is 14.2 Å². The van der Waals surface area contributed by atoms with Crippen molar-refractivity contribution in [3.8, 4) is 11.5 Å². The average Bonchev–Trinajstić information content (AvgIpc) is 3.29. The molecule has 7 nitrogen and oxygen atoms in total. The largest absolute Gasteiger partial charge is 0.454 e. The Morgan fingerprint density at radius 3 is 2.73 bits per heavy atom. The molecule has 0 saturated heterocycles. The second-order valence-electron chi connectivity index (χ2n) is 7.31. The molecule has 1 aromatic heterocycles. The number of hydrogen-bond acceptors (Lipinski definition) is 6. The average molecular weight is 463 g/mol. The molecule has 0 radical (unpaired) electrons. The van der Waals surface area contributed by atoms with Crippen LogP contribution in [-0.4, -0.2) is 28.0 Å². The molecule has 4 aromatic rings. The number of fused-ring (bicyclic) bond motifs is 2. The number of aromatic nitrogens is 2. The van der Waals surface area contributed by atoms with Gasteiger partial charge in [-0.15, -0.1) is 0 Å². The molecule has 0 aliphatic carbocycles. The molecule has 33 heavy (non-hydrogen) atoms. The Kier molecular flexibility index (Phi) is 5.70. The zero-order valence-electron chi connectivity index (χ0n) is 17.3. The summed E-state index contributed by atoms with van der Waals surface area (Å²) in [4.78, 5) is 30.3. The van der Waals surface area contributed by atoms with E-state index in [-0.39, 0.29) is 30.3 Å². The van der Waals surface area contributed by atoms with Gasteiger partial charge in [0.1, 0.15) is 5.82 Å². The lowest BCUT2D eigenvalue weighted by molar-refractivity contribution is -0.113. The second-order valence-corrected chi connectivity index (χ2v) is 8.25. The number of amides is 1. The predicted molar refractivity (Wildman–Crippen MR) is 123 cm³/mol. The van der Waals surface area contributed by atoms with Crippen LogP contribution in [0.25, 0.3) is 10.9 Å². The third-order valence-corrected chi connectivity index (χ3v) is 6.06. The van der Waals surface area contributed by atoms with E-state index in [0.717, 1.165) is 17.3 Å². The SMILES string of the molecule is O=C(CSc1nc2ccccc2c(=O)n1Cc1ccc2c(c1)OCO2)Nc1ccccc1F. The molecule has 0 spiro atoms. The van der Waals surface area contributed by atoms with E-state index in [1.807, 2.05) is 12.1 Å². The van der Waals surface area contributed by atoms with Gasteiger partial charge in [0.2, 0.25) is 12.7 Å². The van der Waals surface area contributed by atoms with Gasteiger partial charge in [-0.05, 0) is 42.0 Å². The van der Waals surface area contributed by atoms with Crippen LogP contribution >= 0.6 is 11.8 Å². The summed E-state index contributed by atoms with van der Waals surface area (Å²) in [6.07, 6.45) is 0. The number of nitrogens with zero attached hydrogens (tertiary/aromatic N) is 2. The molecule has 3 aromatic carbocycles. The van der Waals surface area contributed by atoms with Crippen LogP contribution in [0.4, 0.5) is 10.1 Å². The van der Waals surface area contributed by atoms with Crippen molar-refractivity contribution in [2.24, 2.45) is 0 Å². The molecule has 5 rings (SSSR count). The summed E-state index contributed by atoms with van der Waals surface area (Å²) in [5.41, 5.74) is 1.26. The van der Waals surface area contributed by atoms with Crippen LogP contribution in [0.5, 0.6) is 11.5 Å². The lowest BCUT2D eigenvalue weighted by atomic mass is 10.2. The topological polar surface area (TPSA) is 82.5 Å². The summed E-state index contributed by atoms with van der Waals surface area (Å²) < 4.78 is 26.2. The number of nitrogens with one attached hydrogen (secondary N) is 1. The standard InChI is InChI=1S/C24H18FN3O4S/c25-17-6-2-4-8-19(17)26-22(29)13-33-24-27-18-7-3-1-5-16(18)23(30)28(24)12-15-9-10-20-21(11-15)32-14-31-20/h1-11H,12-14H2,(H,26,29). The molecular formula is C24H18FN3O4S. The van der Waals surface area contributed by atoms with Crippen LogP contribution in [0.15, 0.2) is 76.7 Å². The van der Waals surface area contributed by atoms with E-state index in [0.29, 0.717) is 27.6 Å². The van der Waals surface area contributed by atoms with Gasteiger partial charge in [0.05, 0.1) is 28.9 Å². The minimum atomic E-state index is -0.514. The Morgan fingerprint density at radius 1 is 1.06 bits per heavy atom. The van der Waals surface area contributed by atoms with Crippen molar-refractivity contribution in [2.45, 2.75) is 11.7 Å². The molecule has 1 amide bonds. The van der Waals surface area contributed by atoms with E-state index in [1.165, 1.54) is 16.7 Å². The van der Waals surface area contributed by atoms with Crippen LogP contribution in [0, 0.1) is 5.82 Å². The first kappa shape index (κ1) is 21.0. The number of hydrogen-bond donors (Lipinski definition) is 1. The number of thioether (sulfide) groups is 1. The number of benzene rings is 3. The second kappa shape index (κ2) is 8.95. The van der Waals surface area contributed by atoms with Crippen molar-refractivity contribution in [3.63, 3.8) is 0 Å². The molecule has 9 heteroatoms. The van der Waals surface area contributed by atoms with Crippen LogP contribution in [0.2, 0.25) is 0 Å². The summed E-state index contributed by atoms with van der Waals surface area (Å²) in [7, 11) is 0. The summed E-state index contributed by atoms with van der Waals surface area (Å²) in [6.45, 7) is 0.402. The number of rotatable bonds is 6. The normalized spacial score (nSPS) is 12.2. The van der Waals surface area contributed by atoms with Crippen LogP contribution < -0.4 is 20.3 Å². The smallest absolute Gasteiger partial charge is 0.262 e. The van der Waals surface area contributed by atoms with Gasteiger partial charge in [-0.25, -0.2) is 9.37 Å². The fourth-order valence-corrected chi connectivity index (χ4v) is 4.30. The monoisotopic (exact) mass is 463 g/mol. The van der Waals surface area contributed by atoms with Crippen molar-refractivity contribution < 1.29 is 18.7 Å². The highest BCUT2D eigenvalue weighted by atomic mass is 32.2. The summed E-state index contributed by atoms with van der Waals surface area (Å²) in [6, 6.07) is 18.5. The highest BCUT2D eigenvalue weighted by Crippen LogP contribution is 2.33. The van der Waals surface area contributed by atoms with Gasteiger partial charge in [0.25, 0.3) is 5.56 Å². The van der Waals surface area contributed by atoms with Crippen molar-refractivity contribution in [2.75, 3.05) is 17.9 Å². The summed E-state index contributed by atoms with van der Waals surface area (Å²) >= 11 is 1.12. The van der Waals surface area contributed by atoms with E-state index >= 15 is 0 Å². The fraction of sp³-hybridized carbons (Fsp3) is 0.125. The number of para-hydroxylation sites is 2. The quantitative estimate of drug-likeness (QED) is 0.343. The van der Waals surface area contributed by atoms with Gasteiger partial charge < -0.3 is 14.8 Å². The number of halogens is 1. The first-order valence-corrected chi connectivity index (χ1v) is 11.1. The molecule has 2 heterocycles. The first-order chi connectivity index (χ1) is 16.1. The number of ether oxygens (including phenoxy) is 2. The lowest BCUT2D eigenvalue weighted by Gasteiger charge is -2.14. The predicted octanol–water partition coefficient (Wildman–Crippen LogP) is 4.04. The Bertz CT molecular complexity index is 1420. The van der Waals surface area contributed by atoms with Crippen molar-refractivity contribution in [3.05, 3.63) is 88.5 Å². The minimum Gasteiger partial charge on any atom is -0.454 e. The third-order valence-electron chi connectivity index (χ3n) is 5.08. The maximum atomic E-state index is 13.8. The highest BCUT2D eigenvalue weighted by Gasteiger charge is 2.17. The maximum absolute atomic E-state index is 13.8. The van der Waals surface area contributed by atoms with Gasteiger partial charge in [0, 0.05) is 0 Å². The van der Waals surface area contributed by atoms with Gasteiger partial charge in [0.15, 0.2) is 16.7 Å². The number of carbonyl (C=O) groups is 1. The Morgan fingerprint density at radius 2 is 1.85 bits per heavy atom. The van der Waals surface area contributed by atoms with Gasteiger partial charge in [-0.2, -0.15) is 0 Å². The molecule has 0 saturated carbocycles. The highest BCUT2D eigenvalue weighted by molar-refractivity contribution is 7.99. The first-order valence-electron chi connectivity index (χ1n) is 10.1. The van der Waals surface area contributed by atoms with Crippen molar-refractivity contribution in [1.82, 2.24) is 9.55 Å². The Labute approximate surface area is 192 Å². The van der Waals surface area contributed by atoms with Crippen LogP contribution in [0.3, 0.4) is 0 Å². The van der Waals surface area contributed by atoms with Crippen LogP contribution in [-0.2, 0) is 11.3 Å².